The molecule has 1 amide bonds. The molecule has 2 atom stereocenters. The molecule has 2 unspecified atom stereocenters. The molecule has 1 aliphatic heterocycles. The lowest BCUT2D eigenvalue weighted by Gasteiger charge is -2.36. The molecule has 1 heterocycles. The van der Waals surface area contributed by atoms with Crippen LogP contribution in [0.2, 0.25) is 5.02 Å². The molecule has 2 aromatic rings. The largest absolute Gasteiger partial charge is 0.534 e. The number of hydrogen-bond acceptors (Lipinski definition) is 6. The summed E-state index contributed by atoms with van der Waals surface area (Å²) in [6.45, 7) is 0. The Labute approximate surface area is 197 Å². The average Bonchev–Trinajstić information content (AvgIpc) is 2.71. The zero-order valence-electron chi connectivity index (χ0n) is 17.0. The highest BCUT2D eigenvalue weighted by Crippen LogP contribution is 2.32. The van der Waals surface area contributed by atoms with Crippen molar-refractivity contribution in [2.24, 2.45) is 0 Å². The lowest BCUT2D eigenvalue weighted by atomic mass is 9.99. The zero-order chi connectivity index (χ0) is 25.5. The number of likely N-dealkylation sites (N-methyl/N-ethyl adjacent to an activating group) is 1. The fourth-order valence-electron chi connectivity index (χ4n) is 3.08. The van der Waals surface area contributed by atoms with E-state index in [1.54, 1.807) is 0 Å². The molecule has 0 bridgehead atoms. The van der Waals surface area contributed by atoms with Gasteiger partial charge in [-0.3, -0.25) is 4.79 Å². The van der Waals surface area contributed by atoms with E-state index in [1.165, 1.54) is 18.2 Å². The minimum atomic E-state index is -5.94. The Kier molecular flexibility index (Phi) is 7.15. The van der Waals surface area contributed by atoms with Gasteiger partial charge in [-0.2, -0.15) is 39.0 Å². The third-order valence-electron chi connectivity index (χ3n) is 4.81. The highest BCUT2D eigenvalue weighted by atomic mass is 35.5. The number of carbonyl (C=O) groups is 1. The highest BCUT2D eigenvalue weighted by molar-refractivity contribution is 7.88. The first-order valence-electron chi connectivity index (χ1n) is 9.22. The Bertz CT molecular complexity index is 1320. The number of carbonyl (C=O) groups excluding carboxylic acids is 1. The topological polar surface area (TPSA) is 122 Å². The first kappa shape index (κ1) is 26.2. The molecule has 2 aromatic carbocycles. The maximum atomic E-state index is 13.3. The molecule has 0 aromatic heterocycles. The third kappa shape index (κ3) is 5.60. The van der Waals surface area contributed by atoms with Crippen molar-refractivity contribution in [1.82, 2.24) is 9.03 Å². The summed E-state index contributed by atoms with van der Waals surface area (Å²) in [5.41, 5.74) is -5.51. The second-order valence-electron chi connectivity index (χ2n) is 7.12. The van der Waals surface area contributed by atoms with Crippen molar-refractivity contribution in [3.8, 4) is 5.75 Å². The molecule has 0 spiro atoms. The number of benzene rings is 2. The van der Waals surface area contributed by atoms with E-state index in [0.717, 1.165) is 35.6 Å². The summed E-state index contributed by atoms with van der Waals surface area (Å²) < 4.78 is 106. The van der Waals surface area contributed by atoms with E-state index in [4.69, 9.17) is 11.6 Å². The zero-order valence-corrected chi connectivity index (χ0v) is 19.4. The van der Waals surface area contributed by atoms with Crippen LogP contribution in [0.15, 0.2) is 42.5 Å². The van der Waals surface area contributed by atoms with Gasteiger partial charge >= 0.3 is 15.6 Å². The molecule has 0 aliphatic carbocycles. The van der Waals surface area contributed by atoms with E-state index in [9.17, 15) is 39.2 Å². The van der Waals surface area contributed by atoms with Crippen LogP contribution in [-0.4, -0.2) is 45.6 Å². The first-order chi connectivity index (χ1) is 15.6. The first-order valence-corrected chi connectivity index (χ1v) is 12.5. The lowest BCUT2D eigenvalue weighted by molar-refractivity contribution is -0.120. The van der Waals surface area contributed by atoms with Crippen LogP contribution in [0.1, 0.15) is 18.0 Å². The molecule has 1 fully saturated rings. The minimum Gasteiger partial charge on any atom is -0.376 e. The van der Waals surface area contributed by atoms with Gasteiger partial charge in [0, 0.05) is 12.7 Å². The summed E-state index contributed by atoms with van der Waals surface area (Å²) in [5, 5.41) is 2.16. The van der Waals surface area contributed by atoms with Crippen LogP contribution < -0.4 is 14.2 Å². The number of anilines is 1. The summed E-state index contributed by atoms with van der Waals surface area (Å²) in [6.07, 6.45) is -0.189. The van der Waals surface area contributed by atoms with Gasteiger partial charge in [-0.15, -0.1) is 0 Å². The molecule has 186 valence electrons. The van der Waals surface area contributed by atoms with Crippen molar-refractivity contribution in [2.75, 3.05) is 12.4 Å². The van der Waals surface area contributed by atoms with Crippen LogP contribution in [0.25, 0.3) is 0 Å². The fraction of sp³-hybridized carbons (Fsp3) is 0.278. The molecule has 3 rings (SSSR count). The SMILES string of the molecule is CN1C(C(=O)Nc2ccc(F)c(Cl)c2)CC(c2cccc(OS(=O)(=O)C(F)(F)F)c2)NS1(=O)=O. The summed E-state index contributed by atoms with van der Waals surface area (Å²) in [6, 6.07) is 5.28. The summed E-state index contributed by atoms with van der Waals surface area (Å²) in [4.78, 5) is 12.8. The highest BCUT2D eigenvalue weighted by Gasteiger charge is 2.48. The van der Waals surface area contributed by atoms with Crippen molar-refractivity contribution >= 4 is 43.5 Å². The number of nitrogens with zero attached hydrogens (tertiary/aromatic N) is 1. The van der Waals surface area contributed by atoms with Crippen molar-refractivity contribution in [1.29, 1.82) is 0 Å². The van der Waals surface area contributed by atoms with Crippen LogP contribution in [0.3, 0.4) is 0 Å². The van der Waals surface area contributed by atoms with Crippen LogP contribution in [0.4, 0.5) is 23.2 Å². The fourth-order valence-corrected chi connectivity index (χ4v) is 4.99. The summed E-state index contributed by atoms with van der Waals surface area (Å²) in [7, 11) is -9.04. The number of alkyl halides is 3. The van der Waals surface area contributed by atoms with Crippen molar-refractivity contribution in [2.45, 2.75) is 24.0 Å². The maximum absolute atomic E-state index is 13.3. The monoisotopic (exact) mass is 545 g/mol. The Hall–Kier alpha value is -2.46. The number of hydrogen-bond donors (Lipinski definition) is 2. The van der Waals surface area contributed by atoms with Crippen LogP contribution in [0, 0.1) is 5.82 Å². The van der Waals surface area contributed by atoms with Gasteiger partial charge < -0.3 is 9.50 Å². The quantitative estimate of drug-likeness (QED) is 0.338. The van der Waals surface area contributed by atoms with E-state index in [-0.39, 0.29) is 22.7 Å². The average molecular weight is 546 g/mol. The second-order valence-corrected chi connectivity index (χ2v) is 10.8. The third-order valence-corrected chi connectivity index (χ3v) is 7.67. The summed E-state index contributed by atoms with van der Waals surface area (Å²) in [5.74, 6) is -2.21. The van der Waals surface area contributed by atoms with Crippen LogP contribution in [0.5, 0.6) is 5.75 Å². The molecular weight excluding hydrogens is 530 g/mol. The smallest absolute Gasteiger partial charge is 0.376 e. The lowest BCUT2D eigenvalue weighted by Crippen LogP contribution is -2.55. The number of amides is 1. The van der Waals surface area contributed by atoms with Crippen LogP contribution >= 0.6 is 11.6 Å². The number of nitrogens with one attached hydrogen (secondary N) is 2. The number of halogens is 5. The van der Waals surface area contributed by atoms with Gasteiger partial charge in [0.15, 0.2) is 0 Å². The molecule has 1 saturated heterocycles. The van der Waals surface area contributed by atoms with E-state index in [0.29, 0.717) is 0 Å². The van der Waals surface area contributed by atoms with E-state index < -0.39 is 55.4 Å². The van der Waals surface area contributed by atoms with Gasteiger partial charge in [0.1, 0.15) is 17.6 Å². The molecule has 16 heteroatoms. The molecule has 0 radical (unpaired) electrons. The molecule has 34 heavy (non-hydrogen) atoms. The van der Waals surface area contributed by atoms with E-state index in [2.05, 4.69) is 14.2 Å². The van der Waals surface area contributed by atoms with E-state index >= 15 is 0 Å². The predicted molar refractivity (Wildman–Crippen MR) is 113 cm³/mol. The molecular formula is C18H16ClF4N3O6S2. The van der Waals surface area contributed by atoms with E-state index in [1.807, 2.05) is 0 Å². The molecule has 2 N–H and O–H groups in total. The standard InChI is InChI=1S/C18H16ClF4N3O6S2/c1-26-16(17(27)24-11-5-6-14(20)13(19)8-11)9-15(25-34(26,30)31)10-3-2-4-12(7-10)32-33(28,29)18(21,22)23/h2-8,15-16,25H,9H2,1H3,(H,24,27). The van der Waals surface area contributed by atoms with Crippen molar-refractivity contribution in [3.63, 3.8) is 0 Å². The molecule has 1 aliphatic rings. The molecule has 9 nitrogen and oxygen atoms in total. The van der Waals surface area contributed by atoms with Gasteiger partial charge in [0.25, 0.3) is 10.2 Å². The van der Waals surface area contributed by atoms with Gasteiger partial charge in [-0.1, -0.05) is 23.7 Å². The van der Waals surface area contributed by atoms with Gasteiger partial charge in [-0.25, -0.2) is 4.39 Å². The van der Waals surface area contributed by atoms with Gasteiger partial charge in [0.2, 0.25) is 5.91 Å². The Morgan fingerprint density at radius 3 is 2.53 bits per heavy atom. The number of rotatable bonds is 5. The van der Waals surface area contributed by atoms with Gasteiger partial charge in [0.05, 0.1) is 11.1 Å². The van der Waals surface area contributed by atoms with Crippen LogP contribution in [-0.2, 0) is 25.1 Å². The Morgan fingerprint density at radius 2 is 1.91 bits per heavy atom. The minimum absolute atomic E-state index is 0.0502. The predicted octanol–water partition coefficient (Wildman–Crippen LogP) is 2.93. The second kappa shape index (κ2) is 9.30. The van der Waals surface area contributed by atoms with Crippen molar-refractivity contribution < 1.29 is 43.4 Å². The van der Waals surface area contributed by atoms with Crippen molar-refractivity contribution in [3.05, 3.63) is 58.9 Å². The Balaban J connectivity index is 1.86. The normalized spacial score (nSPS) is 21.1. The summed E-state index contributed by atoms with van der Waals surface area (Å²) >= 11 is 5.68. The van der Waals surface area contributed by atoms with Gasteiger partial charge in [-0.05, 0) is 42.3 Å². The maximum Gasteiger partial charge on any atom is 0.534 e. The Morgan fingerprint density at radius 1 is 1.24 bits per heavy atom. The molecule has 0 saturated carbocycles.